The first kappa shape index (κ1) is 19.1. The summed E-state index contributed by atoms with van der Waals surface area (Å²) in [7, 11) is 0. The number of benzene rings is 2. The zero-order chi connectivity index (χ0) is 20.5. The van der Waals surface area contributed by atoms with Crippen molar-refractivity contribution in [3.63, 3.8) is 0 Å². The number of halogens is 2. The summed E-state index contributed by atoms with van der Waals surface area (Å²) in [5.74, 6) is -2.44. The quantitative estimate of drug-likeness (QED) is 0.666. The number of rotatable bonds is 5. The normalized spacial score (nSPS) is 21.8. The van der Waals surface area contributed by atoms with E-state index in [0.717, 1.165) is 23.7 Å². The van der Waals surface area contributed by atoms with Crippen molar-refractivity contribution in [3.05, 3.63) is 76.9 Å². The lowest BCUT2D eigenvalue weighted by Gasteiger charge is -2.37. The Hall–Kier alpha value is -3.22. The Labute approximate surface area is 166 Å². The van der Waals surface area contributed by atoms with E-state index in [-0.39, 0.29) is 36.8 Å². The van der Waals surface area contributed by atoms with Crippen LogP contribution >= 0.6 is 0 Å². The van der Waals surface area contributed by atoms with Crippen LogP contribution in [0.3, 0.4) is 0 Å². The molecule has 0 spiro atoms. The molecular formula is C22H20F2N2O3. The molecule has 2 aliphatic rings. The summed E-state index contributed by atoms with van der Waals surface area (Å²) in [6.07, 6.45) is 4.70. The molecule has 4 rings (SSSR count). The smallest absolute Gasteiger partial charge is 0.305 e. The molecule has 29 heavy (non-hydrogen) atoms. The first-order valence-electron chi connectivity index (χ1n) is 9.46. The Bertz CT molecular complexity index is 1010. The Morgan fingerprint density at radius 2 is 1.97 bits per heavy atom. The maximum Gasteiger partial charge on any atom is 0.305 e. The van der Waals surface area contributed by atoms with E-state index in [0.29, 0.717) is 11.1 Å². The Morgan fingerprint density at radius 3 is 2.72 bits per heavy atom. The van der Waals surface area contributed by atoms with Crippen molar-refractivity contribution >= 4 is 17.6 Å². The average molecular weight is 398 g/mol. The van der Waals surface area contributed by atoms with E-state index in [1.54, 1.807) is 18.2 Å². The van der Waals surface area contributed by atoms with Crippen molar-refractivity contribution in [1.82, 2.24) is 5.32 Å². The van der Waals surface area contributed by atoms with E-state index in [2.05, 4.69) is 16.7 Å². The third-order valence-electron chi connectivity index (χ3n) is 5.55. The van der Waals surface area contributed by atoms with E-state index in [1.807, 2.05) is 6.08 Å². The molecule has 0 fully saturated rings. The van der Waals surface area contributed by atoms with Gasteiger partial charge in [0.1, 0.15) is 11.6 Å². The van der Waals surface area contributed by atoms with Crippen LogP contribution in [0.2, 0.25) is 0 Å². The second kappa shape index (κ2) is 7.66. The SMILES string of the molecule is O=C(O)CCNC(=O)c1ccc2c(c1)[C@@H]1C=CC[C@@H]1[C@H](c1ccc(F)cc1F)N2. The molecule has 2 aromatic rings. The molecule has 7 heteroatoms. The van der Waals surface area contributed by atoms with E-state index < -0.39 is 17.6 Å². The van der Waals surface area contributed by atoms with E-state index in [9.17, 15) is 18.4 Å². The number of hydrogen-bond donors (Lipinski definition) is 3. The Morgan fingerprint density at radius 1 is 1.14 bits per heavy atom. The van der Waals surface area contributed by atoms with Crippen molar-refractivity contribution in [2.75, 3.05) is 11.9 Å². The second-order valence-electron chi connectivity index (χ2n) is 7.34. The number of nitrogens with one attached hydrogen (secondary N) is 2. The highest BCUT2D eigenvalue weighted by molar-refractivity contribution is 5.95. The molecule has 3 atom stereocenters. The van der Waals surface area contributed by atoms with E-state index in [4.69, 9.17) is 5.11 Å². The molecule has 0 saturated heterocycles. The average Bonchev–Trinajstić information content (AvgIpc) is 3.17. The molecule has 1 heterocycles. The number of carboxylic acids is 1. The van der Waals surface area contributed by atoms with E-state index in [1.165, 1.54) is 12.1 Å². The van der Waals surface area contributed by atoms with Crippen LogP contribution in [0.25, 0.3) is 0 Å². The topological polar surface area (TPSA) is 78.4 Å². The summed E-state index contributed by atoms with van der Waals surface area (Å²) in [5, 5.41) is 14.7. The van der Waals surface area contributed by atoms with Gasteiger partial charge in [0.05, 0.1) is 12.5 Å². The Kier molecular flexibility index (Phi) is 5.05. The summed E-state index contributed by atoms with van der Waals surface area (Å²) < 4.78 is 27.7. The molecule has 150 valence electrons. The number of fused-ring (bicyclic) bond motifs is 3. The highest BCUT2D eigenvalue weighted by Gasteiger charge is 2.39. The first-order chi connectivity index (χ1) is 13.9. The number of hydrogen-bond acceptors (Lipinski definition) is 3. The number of carbonyl (C=O) groups is 2. The van der Waals surface area contributed by atoms with Crippen LogP contribution in [0, 0.1) is 17.6 Å². The van der Waals surface area contributed by atoms with Gasteiger partial charge < -0.3 is 15.7 Å². The molecule has 3 N–H and O–H groups in total. The number of carbonyl (C=O) groups excluding carboxylic acids is 1. The van der Waals surface area contributed by atoms with Crippen molar-refractivity contribution in [2.45, 2.75) is 24.8 Å². The van der Waals surface area contributed by atoms with Gasteiger partial charge in [0.2, 0.25) is 0 Å². The number of allylic oxidation sites excluding steroid dienone is 2. The zero-order valence-corrected chi connectivity index (χ0v) is 15.5. The van der Waals surface area contributed by atoms with Crippen molar-refractivity contribution in [3.8, 4) is 0 Å². The number of carboxylic acid groups (broad SMARTS) is 1. The number of amides is 1. The summed E-state index contributed by atoms with van der Waals surface area (Å²) in [6, 6.07) is 8.55. The highest BCUT2D eigenvalue weighted by Crippen LogP contribution is 2.50. The van der Waals surface area contributed by atoms with Crippen LogP contribution in [0.15, 0.2) is 48.6 Å². The lowest BCUT2D eigenvalue weighted by molar-refractivity contribution is -0.136. The van der Waals surface area contributed by atoms with Crippen LogP contribution in [0.4, 0.5) is 14.5 Å². The van der Waals surface area contributed by atoms with Gasteiger partial charge >= 0.3 is 5.97 Å². The largest absolute Gasteiger partial charge is 0.481 e. The predicted octanol–water partition coefficient (Wildman–Crippen LogP) is 4.00. The lowest BCUT2D eigenvalue weighted by atomic mass is 9.76. The minimum absolute atomic E-state index is 0.00692. The Balaban J connectivity index is 1.61. The van der Waals surface area contributed by atoms with Crippen molar-refractivity contribution < 1.29 is 23.5 Å². The minimum Gasteiger partial charge on any atom is -0.481 e. The van der Waals surface area contributed by atoms with Crippen molar-refractivity contribution in [1.29, 1.82) is 0 Å². The highest BCUT2D eigenvalue weighted by atomic mass is 19.1. The minimum atomic E-state index is -0.974. The van der Waals surface area contributed by atoms with Crippen LogP contribution in [-0.4, -0.2) is 23.5 Å². The lowest BCUT2D eigenvalue weighted by Crippen LogP contribution is -2.31. The monoisotopic (exact) mass is 398 g/mol. The van der Waals surface area contributed by atoms with Gasteiger partial charge in [-0.25, -0.2) is 8.78 Å². The van der Waals surface area contributed by atoms with Gasteiger partial charge in [-0.2, -0.15) is 0 Å². The van der Waals surface area contributed by atoms with Gasteiger partial charge in [-0.1, -0.05) is 18.2 Å². The molecule has 2 aromatic carbocycles. The molecule has 5 nitrogen and oxygen atoms in total. The molecule has 0 saturated carbocycles. The van der Waals surface area contributed by atoms with Crippen LogP contribution in [0.5, 0.6) is 0 Å². The van der Waals surface area contributed by atoms with Crippen LogP contribution < -0.4 is 10.6 Å². The van der Waals surface area contributed by atoms with Gasteiger partial charge in [-0.15, -0.1) is 0 Å². The molecule has 0 radical (unpaired) electrons. The summed E-state index contributed by atoms with van der Waals surface area (Å²) in [4.78, 5) is 22.9. The molecule has 1 amide bonds. The first-order valence-corrected chi connectivity index (χ1v) is 9.46. The van der Waals surface area contributed by atoms with Gasteiger partial charge in [0.25, 0.3) is 5.91 Å². The fourth-order valence-electron chi connectivity index (χ4n) is 4.18. The van der Waals surface area contributed by atoms with E-state index >= 15 is 0 Å². The molecular weight excluding hydrogens is 378 g/mol. The molecule has 1 aliphatic heterocycles. The second-order valence-corrected chi connectivity index (χ2v) is 7.34. The third kappa shape index (κ3) is 3.72. The molecule has 1 aliphatic carbocycles. The summed E-state index contributed by atoms with van der Waals surface area (Å²) in [5.41, 5.74) is 2.61. The standard InChI is InChI=1S/C22H20F2N2O3/c23-13-5-6-16(18(24)11-13)21-15-3-1-2-14(15)17-10-12(4-7-19(17)26-21)22(29)25-9-8-20(27)28/h1-2,4-7,10-11,14-15,21,26H,3,8-9H2,(H,25,29)(H,27,28)/t14-,15+,21-/m1/s1. The summed E-state index contributed by atoms with van der Waals surface area (Å²) in [6.45, 7) is 0.0569. The molecule has 0 unspecified atom stereocenters. The number of anilines is 1. The maximum atomic E-state index is 14.4. The molecule has 0 bridgehead atoms. The predicted molar refractivity (Wildman–Crippen MR) is 104 cm³/mol. The van der Waals surface area contributed by atoms with Crippen molar-refractivity contribution in [2.24, 2.45) is 5.92 Å². The van der Waals surface area contributed by atoms with Gasteiger partial charge in [-0.3, -0.25) is 9.59 Å². The summed E-state index contributed by atoms with van der Waals surface area (Å²) >= 11 is 0. The fourth-order valence-corrected chi connectivity index (χ4v) is 4.18. The zero-order valence-electron chi connectivity index (χ0n) is 15.5. The maximum absolute atomic E-state index is 14.4. The number of aliphatic carboxylic acids is 1. The molecule has 0 aromatic heterocycles. The van der Waals surface area contributed by atoms with Crippen LogP contribution in [-0.2, 0) is 4.79 Å². The van der Waals surface area contributed by atoms with Gasteiger partial charge in [0, 0.05) is 35.3 Å². The third-order valence-corrected chi connectivity index (χ3v) is 5.55. The van der Waals surface area contributed by atoms with Gasteiger partial charge in [0.15, 0.2) is 0 Å². The fraction of sp³-hybridized carbons (Fsp3) is 0.273. The van der Waals surface area contributed by atoms with Crippen LogP contribution in [0.1, 0.15) is 46.3 Å². The van der Waals surface area contributed by atoms with Gasteiger partial charge in [-0.05, 0) is 42.2 Å².